The van der Waals surface area contributed by atoms with E-state index in [9.17, 15) is 8.42 Å². The quantitative estimate of drug-likeness (QED) is 0.489. The van der Waals surface area contributed by atoms with Crippen molar-refractivity contribution in [1.29, 1.82) is 0 Å². The third-order valence-electron chi connectivity index (χ3n) is 4.61. The highest BCUT2D eigenvalue weighted by Gasteiger charge is 2.16. The zero-order valence-corrected chi connectivity index (χ0v) is 18.3. The van der Waals surface area contributed by atoms with Crippen LogP contribution in [0.3, 0.4) is 0 Å². The first-order valence-corrected chi connectivity index (χ1v) is 11.3. The molecule has 0 fully saturated rings. The summed E-state index contributed by atoms with van der Waals surface area (Å²) in [6.07, 6.45) is 0.818. The van der Waals surface area contributed by atoms with Crippen LogP contribution in [0.4, 0.5) is 0 Å². The van der Waals surface area contributed by atoms with Gasteiger partial charge in [0.1, 0.15) is 0 Å². The van der Waals surface area contributed by atoms with Crippen molar-refractivity contribution in [2.45, 2.75) is 24.8 Å². The summed E-state index contributed by atoms with van der Waals surface area (Å²) in [6, 6.07) is 12.8. The fourth-order valence-corrected chi connectivity index (χ4v) is 3.81. The Labute approximate surface area is 178 Å². The fourth-order valence-electron chi connectivity index (χ4n) is 2.91. The second-order valence-corrected chi connectivity index (χ2v) is 9.14. The van der Waals surface area contributed by atoms with Crippen LogP contribution in [0.5, 0.6) is 11.5 Å². The zero-order valence-electron chi connectivity index (χ0n) is 17.5. The maximum absolute atomic E-state index is 12.2. The van der Waals surface area contributed by atoms with Gasteiger partial charge in [-0.2, -0.15) is 0 Å². The molecule has 0 aliphatic carbocycles. The van der Waals surface area contributed by atoms with Crippen molar-refractivity contribution in [3.8, 4) is 11.5 Å². The van der Waals surface area contributed by atoms with E-state index in [4.69, 9.17) is 9.47 Å². The molecule has 0 bridgehead atoms. The second-order valence-electron chi connectivity index (χ2n) is 6.99. The fraction of sp³-hybridized carbons (Fsp3) is 0.381. The van der Waals surface area contributed by atoms with Gasteiger partial charge in [-0.1, -0.05) is 18.2 Å². The maximum Gasteiger partial charge on any atom is 0.242 e. The summed E-state index contributed by atoms with van der Waals surface area (Å²) in [5.41, 5.74) is 2.08. The second kappa shape index (κ2) is 9.82. The Kier molecular flexibility index (Phi) is 7.17. The predicted molar refractivity (Wildman–Crippen MR) is 116 cm³/mol. The van der Waals surface area contributed by atoms with E-state index >= 15 is 0 Å². The lowest BCUT2D eigenvalue weighted by Crippen LogP contribution is -2.38. The molecule has 0 saturated carbocycles. The highest BCUT2D eigenvalue weighted by atomic mass is 32.2. The average Bonchev–Trinajstić information content (AvgIpc) is 3.20. The smallest absolute Gasteiger partial charge is 0.242 e. The van der Waals surface area contributed by atoms with Crippen LogP contribution in [0.25, 0.3) is 0 Å². The van der Waals surface area contributed by atoms with Gasteiger partial charge in [-0.25, -0.2) is 17.7 Å². The monoisotopic (exact) mass is 432 g/mol. The summed E-state index contributed by atoms with van der Waals surface area (Å²) < 4.78 is 36.3. The normalized spacial score (nSPS) is 13.5. The maximum atomic E-state index is 12.2. The molecule has 1 aliphatic heterocycles. The number of hydrogen-bond acceptors (Lipinski definition) is 5. The van der Waals surface area contributed by atoms with Crippen LogP contribution in [0.2, 0.25) is 0 Å². The Morgan fingerprint density at radius 3 is 2.43 bits per heavy atom. The number of hydrogen-bond donors (Lipinski definition) is 2. The van der Waals surface area contributed by atoms with Gasteiger partial charge in [0.15, 0.2) is 17.5 Å². The molecule has 0 atom stereocenters. The Bertz CT molecular complexity index is 989. The summed E-state index contributed by atoms with van der Waals surface area (Å²) in [5.74, 6) is 2.28. The van der Waals surface area contributed by atoms with E-state index in [1.807, 2.05) is 25.1 Å². The lowest BCUT2D eigenvalue weighted by Gasteiger charge is -2.12. The van der Waals surface area contributed by atoms with Crippen molar-refractivity contribution in [3.63, 3.8) is 0 Å². The molecule has 0 radical (unpaired) electrons. The molecule has 1 heterocycles. The van der Waals surface area contributed by atoms with Crippen LogP contribution in [-0.4, -0.2) is 52.7 Å². The number of fused-ring (bicyclic) bond motifs is 1. The lowest BCUT2D eigenvalue weighted by atomic mass is 10.1. The number of nitrogens with zero attached hydrogens (tertiary/aromatic N) is 2. The van der Waals surface area contributed by atoms with Crippen molar-refractivity contribution in [2.75, 3.05) is 34.0 Å². The molecule has 1 aliphatic rings. The first kappa shape index (κ1) is 21.9. The molecule has 162 valence electrons. The Hall–Kier alpha value is -2.78. The summed E-state index contributed by atoms with van der Waals surface area (Å²) in [7, 11) is -0.381. The van der Waals surface area contributed by atoms with Crippen molar-refractivity contribution in [1.82, 2.24) is 14.9 Å². The number of guanidine groups is 1. The third kappa shape index (κ3) is 5.43. The van der Waals surface area contributed by atoms with Gasteiger partial charge in [-0.05, 0) is 48.7 Å². The molecule has 3 rings (SSSR count). The molecule has 2 aromatic rings. The standard InChI is InChI=1S/C21H28N4O4S/c1-4-22-21(23-12-11-16-7-10-19-20(13-16)29-15-28-19)24-14-17-5-8-18(9-6-17)30(26,27)25(2)3/h5-10,13H,4,11-12,14-15H2,1-3H3,(H2,22,23,24). The molecule has 0 unspecified atom stereocenters. The zero-order chi connectivity index (χ0) is 21.6. The van der Waals surface area contributed by atoms with Crippen LogP contribution in [0.1, 0.15) is 18.1 Å². The van der Waals surface area contributed by atoms with Crippen LogP contribution in [0, 0.1) is 0 Å². The number of sulfonamides is 1. The summed E-state index contributed by atoms with van der Waals surface area (Å²) >= 11 is 0. The SMILES string of the molecule is CCNC(=NCc1ccc(S(=O)(=O)N(C)C)cc1)NCCc1ccc2c(c1)OCO2. The minimum atomic E-state index is -3.42. The number of rotatable bonds is 8. The molecule has 30 heavy (non-hydrogen) atoms. The van der Waals surface area contributed by atoms with E-state index < -0.39 is 10.0 Å². The van der Waals surface area contributed by atoms with E-state index in [-0.39, 0.29) is 11.7 Å². The van der Waals surface area contributed by atoms with E-state index in [0.717, 1.165) is 35.6 Å². The molecule has 8 nitrogen and oxygen atoms in total. The minimum absolute atomic E-state index is 0.272. The van der Waals surface area contributed by atoms with Gasteiger partial charge < -0.3 is 20.1 Å². The lowest BCUT2D eigenvalue weighted by molar-refractivity contribution is 0.174. The van der Waals surface area contributed by atoms with E-state index in [2.05, 4.69) is 15.6 Å². The van der Waals surface area contributed by atoms with Crippen LogP contribution in [-0.2, 0) is 23.0 Å². The van der Waals surface area contributed by atoms with Gasteiger partial charge in [0, 0.05) is 27.2 Å². The van der Waals surface area contributed by atoms with Crippen LogP contribution < -0.4 is 20.1 Å². The van der Waals surface area contributed by atoms with Gasteiger partial charge in [0.2, 0.25) is 16.8 Å². The van der Waals surface area contributed by atoms with Gasteiger partial charge >= 0.3 is 0 Å². The summed E-state index contributed by atoms with van der Waals surface area (Å²) in [6.45, 7) is 4.19. The number of aliphatic imine (C=N–C) groups is 1. The number of benzene rings is 2. The highest BCUT2D eigenvalue weighted by molar-refractivity contribution is 7.89. The molecule has 0 spiro atoms. The first-order valence-electron chi connectivity index (χ1n) is 9.82. The van der Waals surface area contributed by atoms with Crippen LogP contribution in [0.15, 0.2) is 52.4 Å². The number of ether oxygens (including phenoxy) is 2. The van der Waals surface area contributed by atoms with Crippen molar-refractivity contribution in [3.05, 3.63) is 53.6 Å². The van der Waals surface area contributed by atoms with Crippen LogP contribution >= 0.6 is 0 Å². The summed E-state index contributed by atoms with van der Waals surface area (Å²) in [4.78, 5) is 4.86. The molecule has 9 heteroatoms. The molecule has 0 aromatic heterocycles. The largest absolute Gasteiger partial charge is 0.454 e. The van der Waals surface area contributed by atoms with E-state index in [1.165, 1.54) is 18.4 Å². The third-order valence-corrected chi connectivity index (χ3v) is 6.44. The van der Waals surface area contributed by atoms with Crippen molar-refractivity contribution in [2.24, 2.45) is 4.99 Å². The summed E-state index contributed by atoms with van der Waals surface area (Å²) in [5, 5.41) is 6.54. The molecule has 2 aromatic carbocycles. The predicted octanol–water partition coefficient (Wildman–Crippen LogP) is 1.96. The molecule has 0 saturated heterocycles. The van der Waals surface area contributed by atoms with E-state index in [0.29, 0.717) is 19.0 Å². The molecule has 2 N–H and O–H groups in total. The first-order chi connectivity index (χ1) is 14.4. The van der Waals surface area contributed by atoms with Gasteiger partial charge in [-0.3, -0.25) is 0 Å². The molecule has 0 amide bonds. The van der Waals surface area contributed by atoms with Crippen molar-refractivity contribution >= 4 is 16.0 Å². The van der Waals surface area contributed by atoms with E-state index in [1.54, 1.807) is 24.3 Å². The minimum Gasteiger partial charge on any atom is -0.454 e. The van der Waals surface area contributed by atoms with Crippen molar-refractivity contribution < 1.29 is 17.9 Å². The Morgan fingerprint density at radius 2 is 1.73 bits per heavy atom. The Balaban J connectivity index is 1.56. The van der Waals surface area contributed by atoms with Gasteiger partial charge in [0.25, 0.3) is 0 Å². The van der Waals surface area contributed by atoms with Gasteiger partial charge in [-0.15, -0.1) is 0 Å². The van der Waals surface area contributed by atoms with Gasteiger partial charge in [0.05, 0.1) is 11.4 Å². The number of nitrogens with one attached hydrogen (secondary N) is 2. The molecular weight excluding hydrogens is 404 g/mol. The topological polar surface area (TPSA) is 92.3 Å². The average molecular weight is 433 g/mol. The molecular formula is C21H28N4O4S. The highest BCUT2D eigenvalue weighted by Crippen LogP contribution is 2.32. The Morgan fingerprint density at radius 1 is 1.03 bits per heavy atom.